The molecule has 3 rings (SSSR count). The summed E-state index contributed by atoms with van der Waals surface area (Å²) >= 11 is 0. The molecule has 6 nitrogen and oxygen atoms in total. The maximum Gasteiger partial charge on any atom is 0.279 e. The monoisotopic (exact) mass is 215 g/mol. The van der Waals surface area contributed by atoms with Crippen LogP contribution in [0.1, 0.15) is 10.4 Å². The lowest BCUT2D eigenvalue weighted by Gasteiger charge is -1.95. The lowest BCUT2D eigenvalue weighted by atomic mass is 10.1. The maximum absolute atomic E-state index is 11.8. The molecule has 0 N–H and O–H groups in total. The van der Waals surface area contributed by atoms with Crippen LogP contribution in [-0.4, -0.2) is 20.6 Å². The van der Waals surface area contributed by atoms with Crippen LogP contribution in [0.2, 0.25) is 0 Å². The van der Waals surface area contributed by atoms with E-state index in [4.69, 9.17) is 0 Å². The minimum Gasteiger partial charge on any atom is -0.267 e. The van der Waals surface area contributed by atoms with Crippen molar-refractivity contribution in [2.24, 2.45) is 0 Å². The summed E-state index contributed by atoms with van der Waals surface area (Å²) in [4.78, 5) is 21.9. The number of nitrogens with zero attached hydrogens (tertiary/aromatic N) is 3. The number of hydrogen-bond acceptors (Lipinski definition) is 4. The van der Waals surface area contributed by atoms with Gasteiger partial charge >= 0.3 is 0 Å². The van der Waals surface area contributed by atoms with Gasteiger partial charge in [0.15, 0.2) is 0 Å². The lowest BCUT2D eigenvalue weighted by Crippen LogP contribution is -2.07. The van der Waals surface area contributed by atoms with Crippen molar-refractivity contribution in [3.05, 3.63) is 46.1 Å². The normalized spacial score (nSPS) is 12.4. The number of fused-ring (bicyclic) bond motifs is 3. The molecule has 0 fully saturated rings. The van der Waals surface area contributed by atoms with E-state index in [2.05, 4.69) is 5.10 Å². The third kappa shape index (κ3) is 0.952. The molecule has 0 saturated heterocycles. The predicted molar refractivity (Wildman–Crippen MR) is 54.0 cm³/mol. The average Bonchev–Trinajstić information content (AvgIpc) is 2.83. The number of rotatable bonds is 1. The molecular weight excluding hydrogens is 210 g/mol. The van der Waals surface area contributed by atoms with Crippen LogP contribution < -0.4 is 0 Å². The number of hydrogen-bond donors (Lipinski definition) is 0. The molecule has 0 bridgehead atoms. The Morgan fingerprint density at radius 2 is 2.06 bits per heavy atom. The molecule has 16 heavy (non-hydrogen) atoms. The number of nitro groups is 1. The fourth-order valence-electron chi connectivity index (χ4n) is 1.83. The fraction of sp³-hybridized carbons (Fsp3) is 0. The maximum atomic E-state index is 11.8. The number of nitro benzene ring substituents is 1. The van der Waals surface area contributed by atoms with Gasteiger partial charge in [0, 0.05) is 17.7 Å². The Morgan fingerprint density at radius 1 is 1.25 bits per heavy atom. The molecule has 6 heteroatoms. The number of carbonyl (C=O) groups is 1. The summed E-state index contributed by atoms with van der Waals surface area (Å²) in [7, 11) is 0. The SMILES string of the molecule is O=C1c2cc([N+](=O)[O-])ccc2-c2ccnn21. The molecule has 0 radical (unpaired) electrons. The van der Waals surface area contributed by atoms with Crippen molar-refractivity contribution in [2.45, 2.75) is 0 Å². The van der Waals surface area contributed by atoms with Crippen molar-refractivity contribution in [3.8, 4) is 11.3 Å². The molecule has 0 saturated carbocycles. The van der Waals surface area contributed by atoms with Gasteiger partial charge in [-0.2, -0.15) is 9.78 Å². The molecule has 2 aromatic rings. The van der Waals surface area contributed by atoms with E-state index in [1.807, 2.05) is 0 Å². The third-order valence-corrected chi connectivity index (χ3v) is 2.56. The molecule has 0 unspecified atom stereocenters. The smallest absolute Gasteiger partial charge is 0.267 e. The predicted octanol–water partition coefficient (Wildman–Crippen LogP) is 1.46. The summed E-state index contributed by atoms with van der Waals surface area (Å²) in [5.41, 5.74) is 1.61. The Bertz CT molecular complexity index is 630. The first-order chi connectivity index (χ1) is 7.68. The molecule has 1 aromatic heterocycles. The largest absolute Gasteiger partial charge is 0.279 e. The minimum absolute atomic E-state index is 0.0853. The summed E-state index contributed by atoms with van der Waals surface area (Å²) in [5, 5.41) is 14.5. The first-order valence-electron chi connectivity index (χ1n) is 4.56. The van der Waals surface area contributed by atoms with Crippen LogP contribution in [0.25, 0.3) is 11.3 Å². The topological polar surface area (TPSA) is 78.0 Å². The van der Waals surface area contributed by atoms with Crippen LogP contribution >= 0.6 is 0 Å². The van der Waals surface area contributed by atoms with E-state index in [-0.39, 0.29) is 11.6 Å². The molecule has 1 aromatic carbocycles. The van der Waals surface area contributed by atoms with Crippen molar-refractivity contribution in [2.75, 3.05) is 0 Å². The standard InChI is InChI=1S/C10H5N3O3/c14-10-8-5-6(13(15)16)1-2-7(8)9-3-4-11-12(9)10/h1-5H. The first-order valence-corrected chi connectivity index (χ1v) is 4.56. The van der Waals surface area contributed by atoms with Crippen LogP contribution in [0.15, 0.2) is 30.5 Å². The minimum atomic E-state index is -0.519. The van der Waals surface area contributed by atoms with Crippen molar-refractivity contribution in [1.29, 1.82) is 0 Å². The molecule has 0 spiro atoms. The van der Waals surface area contributed by atoms with E-state index in [9.17, 15) is 14.9 Å². The van der Waals surface area contributed by atoms with Crippen LogP contribution in [-0.2, 0) is 0 Å². The second-order valence-corrected chi connectivity index (χ2v) is 3.42. The van der Waals surface area contributed by atoms with Crippen molar-refractivity contribution < 1.29 is 9.72 Å². The van der Waals surface area contributed by atoms with Gasteiger partial charge in [0.2, 0.25) is 0 Å². The Morgan fingerprint density at radius 3 is 2.81 bits per heavy atom. The van der Waals surface area contributed by atoms with E-state index < -0.39 is 4.92 Å². The van der Waals surface area contributed by atoms with Gasteiger partial charge in [-0.15, -0.1) is 0 Å². The van der Waals surface area contributed by atoms with Gasteiger partial charge in [0.05, 0.1) is 22.4 Å². The van der Waals surface area contributed by atoms with E-state index >= 15 is 0 Å². The van der Waals surface area contributed by atoms with Crippen LogP contribution in [0.4, 0.5) is 5.69 Å². The Labute approximate surface area is 89.3 Å². The molecule has 0 atom stereocenters. The fourth-order valence-corrected chi connectivity index (χ4v) is 1.83. The highest BCUT2D eigenvalue weighted by atomic mass is 16.6. The van der Waals surface area contributed by atoms with Gasteiger partial charge < -0.3 is 0 Å². The Kier molecular flexibility index (Phi) is 1.51. The number of carbonyl (C=O) groups excluding carboxylic acids is 1. The molecule has 78 valence electrons. The second-order valence-electron chi connectivity index (χ2n) is 3.42. The summed E-state index contributed by atoms with van der Waals surface area (Å²) in [6, 6.07) is 5.95. The van der Waals surface area contributed by atoms with Crippen molar-refractivity contribution in [1.82, 2.24) is 9.78 Å². The Hall–Kier alpha value is -2.50. The van der Waals surface area contributed by atoms with Gasteiger partial charge in [0.25, 0.3) is 11.6 Å². The van der Waals surface area contributed by atoms with Crippen LogP contribution in [0, 0.1) is 10.1 Å². The second kappa shape index (κ2) is 2.75. The number of benzene rings is 1. The van der Waals surface area contributed by atoms with E-state index in [0.29, 0.717) is 16.8 Å². The average molecular weight is 215 g/mol. The third-order valence-electron chi connectivity index (χ3n) is 2.56. The highest BCUT2D eigenvalue weighted by Crippen LogP contribution is 2.33. The zero-order valence-corrected chi connectivity index (χ0v) is 7.95. The number of aromatic nitrogens is 2. The zero-order valence-electron chi connectivity index (χ0n) is 7.95. The molecule has 2 heterocycles. The molecule has 1 aliphatic rings. The molecular formula is C10H5N3O3. The quantitative estimate of drug-likeness (QED) is 0.454. The van der Waals surface area contributed by atoms with Crippen molar-refractivity contribution >= 4 is 11.6 Å². The summed E-state index contributed by atoms with van der Waals surface area (Å²) in [5.74, 6) is -0.321. The van der Waals surface area contributed by atoms with E-state index in [1.165, 1.54) is 23.0 Å². The van der Waals surface area contributed by atoms with Crippen molar-refractivity contribution in [3.63, 3.8) is 0 Å². The summed E-state index contributed by atoms with van der Waals surface area (Å²) < 4.78 is 1.24. The van der Waals surface area contributed by atoms with E-state index in [0.717, 1.165) is 0 Å². The molecule has 0 amide bonds. The van der Waals surface area contributed by atoms with Crippen LogP contribution in [0.5, 0.6) is 0 Å². The van der Waals surface area contributed by atoms with Gasteiger partial charge in [-0.1, -0.05) is 0 Å². The van der Waals surface area contributed by atoms with Gasteiger partial charge in [-0.25, -0.2) is 0 Å². The summed E-state index contributed by atoms with van der Waals surface area (Å²) in [6.07, 6.45) is 1.53. The number of non-ortho nitro benzene ring substituents is 1. The summed E-state index contributed by atoms with van der Waals surface area (Å²) in [6.45, 7) is 0. The molecule has 0 aliphatic carbocycles. The first kappa shape index (κ1) is 8.78. The molecule has 1 aliphatic heterocycles. The van der Waals surface area contributed by atoms with E-state index in [1.54, 1.807) is 12.1 Å². The van der Waals surface area contributed by atoms with Gasteiger partial charge in [-0.05, 0) is 12.1 Å². The van der Waals surface area contributed by atoms with Gasteiger partial charge in [-0.3, -0.25) is 14.9 Å². The lowest BCUT2D eigenvalue weighted by molar-refractivity contribution is -0.384. The van der Waals surface area contributed by atoms with Crippen LogP contribution in [0.3, 0.4) is 0 Å². The highest BCUT2D eigenvalue weighted by molar-refractivity contribution is 6.08. The van der Waals surface area contributed by atoms with Gasteiger partial charge in [0.1, 0.15) is 0 Å². The zero-order chi connectivity index (χ0) is 11.3. The highest BCUT2D eigenvalue weighted by Gasteiger charge is 2.28. The Balaban J connectivity index is 2.27.